The van der Waals surface area contributed by atoms with Crippen LogP contribution in [0.15, 0.2) is 57.7 Å². The Morgan fingerprint density at radius 3 is 2.80 bits per heavy atom. The molecule has 0 radical (unpaired) electrons. The van der Waals surface area contributed by atoms with Gasteiger partial charge in [0.15, 0.2) is 11.7 Å². The molecule has 0 aromatic heterocycles. The van der Waals surface area contributed by atoms with Gasteiger partial charge in [-0.15, -0.1) is 0 Å². The number of nitriles is 1. The van der Waals surface area contributed by atoms with E-state index in [0.717, 1.165) is 57.2 Å². The lowest BCUT2D eigenvalue weighted by molar-refractivity contribution is -0.132. The summed E-state index contributed by atoms with van der Waals surface area (Å²) >= 11 is 0. The highest BCUT2D eigenvalue weighted by Gasteiger charge is 2.54. The quantitative estimate of drug-likeness (QED) is 0.453. The third-order valence-corrected chi connectivity index (χ3v) is 12.0. The van der Waals surface area contributed by atoms with E-state index in [0.29, 0.717) is 54.9 Å². The minimum Gasteiger partial charge on any atom is -0.475 e. The molecule has 2 aliphatic carbocycles. The number of nitrogens with zero attached hydrogens (tertiary/aromatic N) is 6. The van der Waals surface area contributed by atoms with Gasteiger partial charge >= 0.3 is 0 Å². The van der Waals surface area contributed by atoms with Gasteiger partial charge in [0.2, 0.25) is 5.90 Å². The molecule has 45 heavy (non-hydrogen) atoms. The molecule has 6 atom stereocenters. The molecule has 1 amide bonds. The van der Waals surface area contributed by atoms with Crippen LogP contribution in [0, 0.1) is 23.2 Å². The third-order valence-electron chi connectivity index (χ3n) is 12.0. The van der Waals surface area contributed by atoms with E-state index in [-0.39, 0.29) is 23.5 Å². The first-order chi connectivity index (χ1) is 21.9. The average molecular weight is 611 g/mol. The molecule has 1 aromatic carbocycles. The minimum atomic E-state index is -0.970. The van der Waals surface area contributed by atoms with Crippen LogP contribution >= 0.6 is 0 Å². The zero-order chi connectivity index (χ0) is 30.6. The standard InChI is InChI=1S/C35H36F2N6O2/c1-19(36)34(44)42-12-7-26-27(42)17-43(26)32-24(15-38)33(45-18-35-8-3-10-41(35)11-4-9-35)40-31-25(32)16-39-30(29(31)37)22-6-2-5-20-13-21-14-23(21)28(20)22/h2,5-6,16,21,23,25-27,31H,1,3-4,7-14,17-18H2/t21?,23?,25?,26-,27-,31?/m1/s1. The van der Waals surface area contributed by atoms with Crippen LogP contribution in [-0.4, -0.2) is 89.2 Å². The van der Waals surface area contributed by atoms with Crippen molar-refractivity contribution in [2.45, 2.75) is 74.5 Å². The van der Waals surface area contributed by atoms with Crippen molar-refractivity contribution in [1.82, 2.24) is 14.7 Å². The Labute approximate surface area is 261 Å². The number of aliphatic imine (C=N–C) groups is 2. The maximum atomic E-state index is 16.9. The van der Waals surface area contributed by atoms with Crippen LogP contribution in [0.4, 0.5) is 8.78 Å². The highest BCUT2D eigenvalue weighted by atomic mass is 19.1. The largest absolute Gasteiger partial charge is 0.475 e. The second-order valence-electron chi connectivity index (χ2n) is 14.1. The van der Waals surface area contributed by atoms with E-state index in [2.05, 4.69) is 28.5 Å². The molecule has 4 saturated heterocycles. The van der Waals surface area contributed by atoms with Crippen LogP contribution in [0.1, 0.15) is 61.1 Å². The van der Waals surface area contributed by atoms with Gasteiger partial charge in [-0.05, 0) is 81.0 Å². The molecule has 232 valence electrons. The normalized spacial score (nSPS) is 33.6. The summed E-state index contributed by atoms with van der Waals surface area (Å²) in [6.45, 7) is 6.53. The first kappa shape index (κ1) is 27.5. The van der Waals surface area contributed by atoms with Gasteiger partial charge in [-0.25, -0.2) is 13.8 Å². The lowest BCUT2D eigenvalue weighted by Gasteiger charge is -2.51. The molecule has 8 aliphatic rings. The molecule has 0 bridgehead atoms. The molecule has 5 fully saturated rings. The lowest BCUT2D eigenvalue weighted by atomic mass is 9.82. The molecular formula is C35H36F2N6O2. The number of hydrogen-bond donors (Lipinski definition) is 0. The van der Waals surface area contributed by atoms with E-state index in [1.54, 1.807) is 6.21 Å². The number of ether oxygens (including phenoxy) is 1. The number of likely N-dealkylation sites (tertiary alicyclic amines) is 2. The van der Waals surface area contributed by atoms with Crippen LogP contribution in [0.25, 0.3) is 5.70 Å². The number of hydrogen-bond acceptors (Lipinski definition) is 7. The van der Waals surface area contributed by atoms with Crippen LogP contribution < -0.4 is 0 Å². The van der Waals surface area contributed by atoms with Gasteiger partial charge in [-0.3, -0.25) is 14.7 Å². The van der Waals surface area contributed by atoms with Crippen LogP contribution in [0.3, 0.4) is 0 Å². The fourth-order valence-corrected chi connectivity index (χ4v) is 9.68. The van der Waals surface area contributed by atoms with E-state index >= 15 is 4.39 Å². The summed E-state index contributed by atoms with van der Waals surface area (Å²) < 4.78 is 37.2. The van der Waals surface area contributed by atoms with Gasteiger partial charge < -0.3 is 14.5 Å². The van der Waals surface area contributed by atoms with E-state index in [4.69, 9.17) is 14.7 Å². The maximum absolute atomic E-state index is 16.9. The van der Waals surface area contributed by atoms with Crippen molar-refractivity contribution in [3.05, 3.63) is 64.4 Å². The molecule has 6 aliphatic heterocycles. The van der Waals surface area contributed by atoms with E-state index in [1.807, 2.05) is 12.1 Å². The topological polar surface area (TPSA) is 84.5 Å². The maximum Gasteiger partial charge on any atom is 0.282 e. The van der Waals surface area contributed by atoms with E-state index in [1.165, 1.54) is 16.0 Å². The number of carbonyl (C=O) groups is 1. The summed E-state index contributed by atoms with van der Waals surface area (Å²) in [6, 6.07) is 7.27. The molecular weight excluding hydrogens is 574 g/mol. The van der Waals surface area contributed by atoms with Gasteiger partial charge in [0.1, 0.15) is 30.0 Å². The van der Waals surface area contributed by atoms with Crippen molar-refractivity contribution >= 4 is 23.7 Å². The first-order valence-corrected chi connectivity index (χ1v) is 16.5. The third kappa shape index (κ3) is 3.92. The fraction of sp³-hybridized carbons (Fsp3) is 0.543. The molecule has 10 heteroatoms. The highest BCUT2D eigenvalue weighted by Crippen LogP contribution is 2.58. The van der Waals surface area contributed by atoms with Crippen LogP contribution in [0.5, 0.6) is 0 Å². The second-order valence-corrected chi connectivity index (χ2v) is 14.1. The summed E-state index contributed by atoms with van der Waals surface area (Å²) in [4.78, 5) is 28.2. The van der Waals surface area contributed by atoms with Crippen molar-refractivity contribution in [2.75, 3.05) is 32.8 Å². The molecule has 1 aromatic rings. The monoisotopic (exact) mass is 610 g/mol. The van der Waals surface area contributed by atoms with Gasteiger partial charge in [-0.2, -0.15) is 5.26 Å². The number of carbonyl (C=O) groups excluding carboxylic acids is 1. The van der Waals surface area contributed by atoms with Crippen molar-refractivity contribution < 1.29 is 18.3 Å². The number of benzene rings is 1. The van der Waals surface area contributed by atoms with Crippen molar-refractivity contribution in [3.8, 4) is 6.07 Å². The predicted octanol–water partition coefficient (Wildman–Crippen LogP) is 4.66. The number of dihydropyridines is 1. The van der Waals surface area contributed by atoms with Gasteiger partial charge in [0.05, 0.1) is 23.5 Å². The zero-order valence-corrected chi connectivity index (χ0v) is 25.2. The average Bonchev–Trinajstić information content (AvgIpc) is 3.32. The van der Waals surface area contributed by atoms with Crippen LogP contribution in [-0.2, 0) is 16.0 Å². The molecule has 4 unspecified atom stereocenters. The Morgan fingerprint density at radius 1 is 1.20 bits per heavy atom. The number of halogens is 2. The first-order valence-electron chi connectivity index (χ1n) is 16.5. The molecule has 1 saturated carbocycles. The predicted molar refractivity (Wildman–Crippen MR) is 164 cm³/mol. The Hall–Kier alpha value is -3.84. The van der Waals surface area contributed by atoms with Gasteiger partial charge in [0, 0.05) is 30.6 Å². The minimum absolute atomic E-state index is 0.0675. The summed E-state index contributed by atoms with van der Waals surface area (Å²) in [5.41, 5.74) is 4.58. The SMILES string of the molecule is C=C(F)C(=O)N1CC[C@@H]2[C@H]1CN2C1=C(C#N)C(OCC23CCCN2CCC3)=NC2C(F)=C(c3cccc4c3C3CC3C4)N=CC12. The fourth-order valence-electron chi connectivity index (χ4n) is 9.68. The lowest BCUT2D eigenvalue weighted by Crippen LogP contribution is -2.63. The Bertz CT molecular complexity index is 1700. The van der Waals surface area contributed by atoms with E-state index < -0.39 is 29.5 Å². The summed E-state index contributed by atoms with van der Waals surface area (Å²) in [5.74, 6) is -1.32. The Balaban J connectivity index is 1.09. The van der Waals surface area contributed by atoms with Crippen molar-refractivity contribution in [2.24, 2.45) is 21.8 Å². The smallest absolute Gasteiger partial charge is 0.282 e. The summed E-state index contributed by atoms with van der Waals surface area (Å²) in [7, 11) is 0. The Morgan fingerprint density at radius 2 is 2.02 bits per heavy atom. The van der Waals surface area contributed by atoms with E-state index in [9.17, 15) is 14.4 Å². The number of amides is 1. The second kappa shape index (κ2) is 9.83. The summed E-state index contributed by atoms with van der Waals surface area (Å²) in [6.07, 6.45) is 8.88. The number of fused-ring (bicyclic) bond motifs is 6. The van der Waals surface area contributed by atoms with Gasteiger partial charge in [0.25, 0.3) is 5.91 Å². The number of rotatable bonds is 5. The zero-order valence-electron chi connectivity index (χ0n) is 25.2. The molecule has 0 N–H and O–H groups in total. The molecule has 8 nitrogen and oxygen atoms in total. The van der Waals surface area contributed by atoms with Crippen molar-refractivity contribution in [3.63, 3.8) is 0 Å². The van der Waals surface area contributed by atoms with Crippen LogP contribution in [0.2, 0.25) is 0 Å². The summed E-state index contributed by atoms with van der Waals surface area (Å²) in [5, 5.41) is 10.6. The molecule has 6 heterocycles. The van der Waals surface area contributed by atoms with Crippen molar-refractivity contribution in [1.29, 1.82) is 5.26 Å². The Kier molecular flexibility index (Phi) is 6.00. The molecule has 9 rings (SSSR count). The highest BCUT2D eigenvalue weighted by molar-refractivity contribution is 6.01. The van der Waals surface area contributed by atoms with Gasteiger partial charge in [-0.1, -0.05) is 24.8 Å². The molecule has 0 spiro atoms.